The van der Waals surface area contributed by atoms with Gasteiger partial charge in [0.05, 0.1) is 17.0 Å². The molecule has 158 valence electrons. The van der Waals surface area contributed by atoms with Crippen molar-refractivity contribution in [2.24, 2.45) is 0 Å². The number of aromatic nitrogens is 3. The first-order valence-corrected chi connectivity index (χ1v) is 9.68. The molecule has 0 spiro atoms. The first-order valence-electron chi connectivity index (χ1n) is 8.80. The second-order valence-corrected chi connectivity index (χ2v) is 7.75. The number of carboxylic acid groups (broad SMARTS) is 1. The molecule has 0 radical (unpaired) electrons. The molecule has 0 aliphatic rings. The van der Waals surface area contributed by atoms with Crippen molar-refractivity contribution < 1.29 is 27.8 Å². The van der Waals surface area contributed by atoms with Gasteiger partial charge in [-0.2, -0.15) is 28.6 Å². The van der Waals surface area contributed by atoms with Crippen molar-refractivity contribution in [3.8, 4) is 5.75 Å². The number of alkyl halides is 3. The van der Waals surface area contributed by atoms with Crippen LogP contribution in [0.15, 0.2) is 47.5 Å². The first kappa shape index (κ1) is 21.7. The van der Waals surface area contributed by atoms with Crippen LogP contribution < -0.4 is 4.74 Å². The van der Waals surface area contributed by atoms with Crippen molar-refractivity contribution in [1.29, 1.82) is 0 Å². The minimum atomic E-state index is -4.46. The van der Waals surface area contributed by atoms with Crippen molar-refractivity contribution in [2.75, 3.05) is 6.61 Å². The van der Waals surface area contributed by atoms with E-state index in [0.29, 0.717) is 22.6 Å². The van der Waals surface area contributed by atoms with E-state index >= 15 is 0 Å². The summed E-state index contributed by atoms with van der Waals surface area (Å²) in [5, 5.41) is 18.6. The summed E-state index contributed by atoms with van der Waals surface area (Å²) in [4.78, 5) is 11.4. The Morgan fingerprint density at radius 3 is 2.57 bits per heavy atom. The number of hydrogen-bond acceptors (Lipinski definition) is 5. The van der Waals surface area contributed by atoms with Crippen molar-refractivity contribution >= 4 is 17.7 Å². The van der Waals surface area contributed by atoms with Crippen LogP contribution in [-0.2, 0) is 11.0 Å². The van der Waals surface area contributed by atoms with Gasteiger partial charge in [-0.05, 0) is 54.8 Å². The zero-order valence-electron chi connectivity index (χ0n) is 16.0. The number of aromatic amines is 1. The summed E-state index contributed by atoms with van der Waals surface area (Å²) in [5.41, 5.74) is 1.09. The lowest BCUT2D eigenvalue weighted by atomic mass is 10.0. The molecule has 2 N–H and O–H groups in total. The molecule has 0 aliphatic heterocycles. The molecule has 0 bridgehead atoms. The van der Waals surface area contributed by atoms with Crippen LogP contribution in [0.2, 0.25) is 0 Å². The SMILES string of the molecule is Cc1cc(SC(c2ccc(C)c(C(F)(F)F)c2)c2cn[nH]n2)ccc1OCC(=O)O. The number of aliphatic carboxylic acids is 1. The Bertz CT molecular complexity index is 1040. The van der Waals surface area contributed by atoms with Gasteiger partial charge in [-0.3, -0.25) is 0 Å². The van der Waals surface area contributed by atoms with E-state index in [0.717, 1.165) is 11.0 Å². The monoisotopic (exact) mass is 437 g/mol. The molecule has 10 heteroatoms. The average molecular weight is 437 g/mol. The van der Waals surface area contributed by atoms with Crippen molar-refractivity contribution in [2.45, 2.75) is 30.2 Å². The lowest BCUT2D eigenvalue weighted by Crippen LogP contribution is -2.10. The van der Waals surface area contributed by atoms with E-state index in [1.807, 2.05) is 0 Å². The van der Waals surface area contributed by atoms with Gasteiger partial charge >= 0.3 is 12.1 Å². The molecule has 1 unspecified atom stereocenters. The Morgan fingerprint density at radius 2 is 1.97 bits per heavy atom. The summed E-state index contributed by atoms with van der Waals surface area (Å²) >= 11 is 1.31. The Balaban J connectivity index is 1.94. The number of carboxylic acids is 1. The topological polar surface area (TPSA) is 88.1 Å². The van der Waals surface area contributed by atoms with Gasteiger partial charge in [-0.1, -0.05) is 12.1 Å². The van der Waals surface area contributed by atoms with E-state index < -0.39 is 29.6 Å². The normalized spacial score (nSPS) is 12.6. The number of nitrogens with one attached hydrogen (secondary N) is 1. The highest BCUT2D eigenvalue weighted by Gasteiger charge is 2.33. The molecule has 0 fully saturated rings. The van der Waals surface area contributed by atoms with E-state index in [1.165, 1.54) is 30.9 Å². The van der Waals surface area contributed by atoms with Gasteiger partial charge in [0.25, 0.3) is 0 Å². The Labute approximate surface area is 174 Å². The number of H-pyrrole nitrogens is 1. The lowest BCUT2D eigenvalue weighted by Gasteiger charge is -2.18. The third-order valence-corrected chi connectivity index (χ3v) is 5.60. The van der Waals surface area contributed by atoms with Crippen LogP contribution in [0, 0.1) is 13.8 Å². The van der Waals surface area contributed by atoms with Gasteiger partial charge in [-0.15, -0.1) is 11.8 Å². The number of carbonyl (C=O) groups is 1. The molecule has 30 heavy (non-hydrogen) atoms. The predicted octanol–water partition coefficient (Wildman–Crippen LogP) is 4.79. The van der Waals surface area contributed by atoms with Crippen LogP contribution in [0.4, 0.5) is 13.2 Å². The summed E-state index contributed by atoms with van der Waals surface area (Å²) in [7, 11) is 0. The molecular weight excluding hydrogens is 419 g/mol. The maximum absolute atomic E-state index is 13.4. The average Bonchev–Trinajstić information content (AvgIpc) is 3.19. The highest BCUT2D eigenvalue weighted by Crippen LogP contribution is 2.42. The Hall–Kier alpha value is -3.01. The van der Waals surface area contributed by atoms with Gasteiger partial charge in [0.15, 0.2) is 6.61 Å². The number of benzene rings is 2. The zero-order valence-corrected chi connectivity index (χ0v) is 16.8. The third kappa shape index (κ3) is 5.12. The van der Waals surface area contributed by atoms with E-state index in [1.54, 1.807) is 31.2 Å². The van der Waals surface area contributed by atoms with Crippen LogP contribution >= 0.6 is 11.8 Å². The first-order chi connectivity index (χ1) is 14.1. The number of aryl methyl sites for hydroxylation is 2. The van der Waals surface area contributed by atoms with Crippen molar-refractivity contribution in [3.05, 3.63) is 70.5 Å². The molecule has 6 nitrogen and oxygen atoms in total. The summed E-state index contributed by atoms with van der Waals surface area (Å²) in [6.07, 6.45) is -2.99. The quantitative estimate of drug-likeness (QED) is 0.517. The van der Waals surface area contributed by atoms with Gasteiger partial charge in [0.2, 0.25) is 0 Å². The molecular formula is C20H18F3N3O3S. The van der Waals surface area contributed by atoms with Crippen molar-refractivity contribution in [1.82, 2.24) is 15.4 Å². The second kappa shape index (κ2) is 8.78. The van der Waals surface area contributed by atoms with Gasteiger partial charge < -0.3 is 9.84 Å². The number of hydrogen-bond donors (Lipinski definition) is 2. The zero-order chi connectivity index (χ0) is 21.9. The molecule has 1 heterocycles. The minimum absolute atomic E-state index is 0.144. The number of nitrogens with zero attached hydrogens (tertiary/aromatic N) is 2. The van der Waals surface area contributed by atoms with E-state index in [4.69, 9.17) is 9.84 Å². The predicted molar refractivity (Wildman–Crippen MR) is 105 cm³/mol. The largest absolute Gasteiger partial charge is 0.482 e. The maximum Gasteiger partial charge on any atom is 0.416 e. The number of thioether (sulfide) groups is 1. The summed E-state index contributed by atoms with van der Waals surface area (Å²) in [6, 6.07) is 9.37. The second-order valence-electron chi connectivity index (χ2n) is 6.57. The van der Waals surface area contributed by atoms with E-state index in [9.17, 15) is 18.0 Å². The third-order valence-electron chi connectivity index (χ3n) is 4.32. The number of rotatable bonds is 7. The van der Waals surface area contributed by atoms with Crippen LogP contribution in [0.25, 0.3) is 0 Å². The summed E-state index contributed by atoms with van der Waals surface area (Å²) in [6.45, 7) is 2.72. The van der Waals surface area contributed by atoms with Crippen LogP contribution in [-0.4, -0.2) is 33.1 Å². The van der Waals surface area contributed by atoms with Crippen LogP contribution in [0.1, 0.15) is 33.2 Å². The molecule has 2 aromatic carbocycles. The van der Waals surface area contributed by atoms with Crippen LogP contribution in [0.5, 0.6) is 5.75 Å². The molecule has 1 aromatic heterocycles. The fraction of sp³-hybridized carbons (Fsp3) is 0.250. The molecule has 3 aromatic rings. The number of ether oxygens (including phenoxy) is 1. The van der Waals surface area contributed by atoms with Crippen molar-refractivity contribution in [3.63, 3.8) is 0 Å². The van der Waals surface area contributed by atoms with E-state index in [-0.39, 0.29) is 5.56 Å². The maximum atomic E-state index is 13.4. The van der Waals surface area contributed by atoms with Crippen LogP contribution in [0.3, 0.4) is 0 Å². The minimum Gasteiger partial charge on any atom is -0.482 e. The fourth-order valence-electron chi connectivity index (χ4n) is 2.88. The summed E-state index contributed by atoms with van der Waals surface area (Å²) < 4.78 is 45.4. The lowest BCUT2D eigenvalue weighted by molar-refractivity contribution is -0.139. The van der Waals surface area contributed by atoms with E-state index in [2.05, 4.69) is 15.4 Å². The molecule has 1 atom stereocenters. The smallest absolute Gasteiger partial charge is 0.416 e. The van der Waals surface area contributed by atoms with Gasteiger partial charge in [-0.25, -0.2) is 4.79 Å². The standard InChI is InChI=1S/C20H18F3N3O3S/c1-11-3-4-13(8-15(11)20(21,22)23)19(16-9-24-26-25-16)30-14-5-6-17(12(2)7-14)29-10-18(27)28/h3-9,19H,10H2,1-2H3,(H,27,28)(H,24,25,26). The molecule has 0 saturated heterocycles. The highest BCUT2D eigenvalue weighted by atomic mass is 32.2. The summed E-state index contributed by atoms with van der Waals surface area (Å²) in [5.74, 6) is -0.659. The molecule has 0 saturated carbocycles. The molecule has 0 aliphatic carbocycles. The number of halogens is 3. The fourth-order valence-corrected chi connectivity index (χ4v) is 4.06. The molecule has 3 rings (SSSR count). The highest BCUT2D eigenvalue weighted by molar-refractivity contribution is 7.99. The Morgan fingerprint density at radius 1 is 1.20 bits per heavy atom. The molecule has 0 amide bonds. The van der Waals surface area contributed by atoms with Gasteiger partial charge in [0, 0.05) is 4.90 Å². The Kier molecular flexibility index (Phi) is 6.35. The van der Waals surface area contributed by atoms with Gasteiger partial charge in [0.1, 0.15) is 11.4 Å².